The number of aliphatic hydroxyl groups excluding tert-OH is 1. The van der Waals surface area contributed by atoms with Gasteiger partial charge in [0.05, 0.1) is 11.5 Å². The monoisotopic (exact) mass is 267 g/mol. The lowest BCUT2D eigenvalue weighted by molar-refractivity contribution is -0.384. The lowest BCUT2D eigenvalue weighted by Crippen LogP contribution is -2.32. The number of hydrogen-bond acceptors (Lipinski definition) is 5. The molecular formula is C13H21N3O3. The smallest absolute Gasteiger partial charge is 0.292 e. The molecule has 0 atom stereocenters. The molecule has 0 unspecified atom stereocenters. The summed E-state index contributed by atoms with van der Waals surface area (Å²) in [5.74, 6) is 0. The SMILES string of the molecule is CNc1ccc(CN(CCO)C(C)C)cc1[N+](=O)[O-]. The highest BCUT2D eigenvalue weighted by molar-refractivity contribution is 5.62. The standard InChI is InChI=1S/C13H21N3O3/c1-10(2)15(6-7-17)9-11-4-5-12(14-3)13(8-11)16(18)19/h4-5,8,10,14,17H,6-7,9H2,1-3H3. The van der Waals surface area contributed by atoms with Gasteiger partial charge in [0.15, 0.2) is 0 Å². The minimum atomic E-state index is -0.388. The van der Waals surface area contributed by atoms with E-state index in [0.717, 1.165) is 5.56 Å². The third-order valence-electron chi connectivity index (χ3n) is 3.03. The predicted octanol–water partition coefficient (Wildman–Crippen LogP) is 1.84. The Kier molecular flexibility index (Phi) is 5.72. The number of rotatable bonds is 7. The zero-order valence-electron chi connectivity index (χ0n) is 11.6. The van der Waals surface area contributed by atoms with E-state index in [4.69, 9.17) is 5.11 Å². The van der Waals surface area contributed by atoms with Crippen LogP contribution in [-0.2, 0) is 6.54 Å². The van der Waals surface area contributed by atoms with Gasteiger partial charge >= 0.3 is 0 Å². The summed E-state index contributed by atoms with van der Waals surface area (Å²) in [6, 6.07) is 5.44. The first-order valence-electron chi connectivity index (χ1n) is 6.29. The van der Waals surface area contributed by atoms with E-state index in [1.165, 1.54) is 0 Å². The molecular weight excluding hydrogens is 246 g/mol. The summed E-state index contributed by atoms with van der Waals surface area (Å²) in [6.07, 6.45) is 0. The second-order valence-electron chi connectivity index (χ2n) is 4.65. The maximum atomic E-state index is 11.0. The van der Waals surface area contributed by atoms with Gasteiger partial charge in [-0.3, -0.25) is 15.0 Å². The van der Waals surface area contributed by atoms with Gasteiger partial charge in [-0.05, 0) is 25.5 Å². The van der Waals surface area contributed by atoms with Crippen LogP contribution in [0.15, 0.2) is 18.2 Å². The van der Waals surface area contributed by atoms with Crippen LogP contribution in [0.1, 0.15) is 19.4 Å². The lowest BCUT2D eigenvalue weighted by atomic mass is 10.1. The Bertz CT molecular complexity index is 435. The Morgan fingerprint density at radius 2 is 2.16 bits per heavy atom. The molecule has 0 fully saturated rings. The van der Waals surface area contributed by atoms with Crippen molar-refractivity contribution in [1.29, 1.82) is 0 Å². The zero-order chi connectivity index (χ0) is 14.4. The quantitative estimate of drug-likeness (QED) is 0.582. The first kappa shape index (κ1) is 15.4. The van der Waals surface area contributed by atoms with Gasteiger partial charge in [-0.2, -0.15) is 0 Å². The van der Waals surface area contributed by atoms with Crippen LogP contribution >= 0.6 is 0 Å². The van der Waals surface area contributed by atoms with E-state index in [1.807, 2.05) is 19.9 Å². The molecule has 2 N–H and O–H groups in total. The Morgan fingerprint density at radius 3 is 2.63 bits per heavy atom. The van der Waals surface area contributed by atoms with Crippen molar-refractivity contribution in [2.75, 3.05) is 25.5 Å². The van der Waals surface area contributed by atoms with Crippen LogP contribution < -0.4 is 5.32 Å². The highest BCUT2D eigenvalue weighted by atomic mass is 16.6. The number of nitro benzene ring substituents is 1. The summed E-state index contributed by atoms with van der Waals surface area (Å²) in [7, 11) is 1.66. The molecule has 1 aromatic carbocycles. The second kappa shape index (κ2) is 7.06. The number of nitro groups is 1. The molecule has 0 aliphatic heterocycles. The van der Waals surface area contributed by atoms with Crippen LogP contribution in [-0.4, -0.2) is 41.2 Å². The Labute approximate surface area is 113 Å². The van der Waals surface area contributed by atoms with Crippen LogP contribution in [0.2, 0.25) is 0 Å². The maximum absolute atomic E-state index is 11.0. The van der Waals surface area contributed by atoms with Crippen LogP contribution in [0.5, 0.6) is 0 Å². The van der Waals surface area contributed by atoms with E-state index in [1.54, 1.807) is 19.2 Å². The minimum Gasteiger partial charge on any atom is -0.395 e. The molecule has 0 aliphatic rings. The fourth-order valence-corrected chi connectivity index (χ4v) is 1.92. The van der Waals surface area contributed by atoms with Crippen LogP contribution in [0.4, 0.5) is 11.4 Å². The van der Waals surface area contributed by atoms with Crippen molar-refractivity contribution < 1.29 is 10.0 Å². The first-order valence-corrected chi connectivity index (χ1v) is 6.29. The molecule has 6 nitrogen and oxygen atoms in total. The normalized spacial score (nSPS) is 11.1. The fourth-order valence-electron chi connectivity index (χ4n) is 1.92. The zero-order valence-corrected chi connectivity index (χ0v) is 11.6. The molecule has 0 spiro atoms. The van der Waals surface area contributed by atoms with E-state index < -0.39 is 0 Å². The summed E-state index contributed by atoms with van der Waals surface area (Å²) >= 11 is 0. The van der Waals surface area contributed by atoms with Gasteiger partial charge in [-0.25, -0.2) is 0 Å². The lowest BCUT2D eigenvalue weighted by Gasteiger charge is -2.25. The van der Waals surface area contributed by atoms with Gasteiger partial charge in [-0.1, -0.05) is 6.07 Å². The van der Waals surface area contributed by atoms with Crippen molar-refractivity contribution in [1.82, 2.24) is 4.90 Å². The summed E-state index contributed by atoms with van der Waals surface area (Å²) < 4.78 is 0. The molecule has 0 saturated carbocycles. The van der Waals surface area contributed by atoms with E-state index in [-0.39, 0.29) is 23.3 Å². The fraction of sp³-hybridized carbons (Fsp3) is 0.538. The molecule has 6 heteroatoms. The summed E-state index contributed by atoms with van der Waals surface area (Å²) in [6.45, 7) is 5.29. The van der Waals surface area contributed by atoms with Crippen LogP contribution in [0, 0.1) is 10.1 Å². The Hall–Kier alpha value is -1.66. The predicted molar refractivity (Wildman–Crippen MR) is 75.3 cm³/mol. The average molecular weight is 267 g/mol. The molecule has 19 heavy (non-hydrogen) atoms. The number of nitrogens with zero attached hydrogens (tertiary/aromatic N) is 2. The molecule has 1 aromatic rings. The third-order valence-corrected chi connectivity index (χ3v) is 3.03. The largest absolute Gasteiger partial charge is 0.395 e. The number of aliphatic hydroxyl groups is 1. The van der Waals surface area contributed by atoms with Crippen LogP contribution in [0.3, 0.4) is 0 Å². The molecule has 0 bridgehead atoms. The Morgan fingerprint density at radius 1 is 1.47 bits per heavy atom. The van der Waals surface area contributed by atoms with Gasteiger partial charge in [0.1, 0.15) is 5.69 Å². The summed E-state index contributed by atoms with van der Waals surface area (Å²) in [5, 5.41) is 22.8. The third kappa shape index (κ3) is 4.18. The summed E-state index contributed by atoms with van der Waals surface area (Å²) in [5.41, 5.74) is 1.45. The van der Waals surface area contributed by atoms with Crippen LogP contribution in [0.25, 0.3) is 0 Å². The summed E-state index contributed by atoms with van der Waals surface area (Å²) in [4.78, 5) is 12.7. The van der Waals surface area contributed by atoms with Gasteiger partial charge in [0.2, 0.25) is 0 Å². The molecule has 0 aliphatic carbocycles. The number of hydrogen-bond donors (Lipinski definition) is 2. The van der Waals surface area contributed by atoms with E-state index >= 15 is 0 Å². The average Bonchev–Trinajstić information content (AvgIpc) is 2.37. The molecule has 0 aromatic heterocycles. The number of benzene rings is 1. The molecule has 1 rings (SSSR count). The molecule has 0 amide bonds. The first-order chi connectivity index (χ1) is 8.99. The van der Waals surface area contributed by atoms with Crippen molar-refractivity contribution >= 4 is 11.4 Å². The van der Waals surface area contributed by atoms with Crippen molar-refractivity contribution in [2.45, 2.75) is 26.4 Å². The van der Waals surface area contributed by atoms with Gasteiger partial charge < -0.3 is 10.4 Å². The van der Waals surface area contributed by atoms with Crippen molar-refractivity contribution in [3.63, 3.8) is 0 Å². The highest BCUT2D eigenvalue weighted by Crippen LogP contribution is 2.25. The van der Waals surface area contributed by atoms with Gasteiger partial charge in [-0.15, -0.1) is 0 Å². The number of nitrogens with one attached hydrogen (secondary N) is 1. The molecule has 0 heterocycles. The molecule has 0 saturated heterocycles. The highest BCUT2D eigenvalue weighted by Gasteiger charge is 2.16. The number of anilines is 1. The van der Waals surface area contributed by atoms with Crippen molar-refractivity contribution in [3.8, 4) is 0 Å². The molecule has 0 radical (unpaired) electrons. The second-order valence-corrected chi connectivity index (χ2v) is 4.65. The molecule has 106 valence electrons. The van der Waals surface area contributed by atoms with E-state index in [0.29, 0.717) is 18.8 Å². The van der Waals surface area contributed by atoms with E-state index in [9.17, 15) is 10.1 Å². The van der Waals surface area contributed by atoms with Crippen molar-refractivity contribution in [2.24, 2.45) is 0 Å². The topological polar surface area (TPSA) is 78.6 Å². The Balaban J connectivity index is 2.95. The minimum absolute atomic E-state index is 0.0766. The van der Waals surface area contributed by atoms with Gasteiger partial charge in [0.25, 0.3) is 5.69 Å². The maximum Gasteiger partial charge on any atom is 0.292 e. The van der Waals surface area contributed by atoms with Crippen molar-refractivity contribution in [3.05, 3.63) is 33.9 Å². The van der Waals surface area contributed by atoms with E-state index in [2.05, 4.69) is 10.2 Å². The van der Waals surface area contributed by atoms with Gasteiger partial charge in [0, 0.05) is 32.2 Å².